The van der Waals surface area contributed by atoms with Gasteiger partial charge in [0.15, 0.2) is 0 Å². The Morgan fingerprint density at radius 1 is 0.850 bits per heavy atom. The molecule has 1 heterocycles. The number of hydrogen-bond acceptors (Lipinski definition) is 6. The van der Waals surface area contributed by atoms with E-state index in [1.165, 1.54) is 46.8 Å². The van der Waals surface area contributed by atoms with Crippen molar-refractivity contribution in [2.45, 2.75) is 18.0 Å². The fourth-order valence-corrected chi connectivity index (χ4v) is 5.07. The first-order valence-corrected chi connectivity index (χ1v) is 13.8. The maximum atomic E-state index is 13.5. The molecule has 4 rings (SSSR count). The zero-order valence-electron chi connectivity index (χ0n) is 20.6. The van der Waals surface area contributed by atoms with E-state index in [2.05, 4.69) is 15.8 Å². The van der Waals surface area contributed by atoms with Crippen LogP contribution in [0, 0.1) is 5.82 Å². The number of rotatable bonds is 9. The molecule has 0 saturated carbocycles. The number of sulfonamides is 1. The van der Waals surface area contributed by atoms with Gasteiger partial charge in [-0.25, -0.2) is 18.2 Å². The van der Waals surface area contributed by atoms with Crippen molar-refractivity contribution >= 4 is 56.9 Å². The highest BCUT2D eigenvalue weighted by Crippen LogP contribution is 2.24. The van der Waals surface area contributed by atoms with Crippen LogP contribution < -0.4 is 10.7 Å². The van der Waals surface area contributed by atoms with Gasteiger partial charge in [-0.1, -0.05) is 35.3 Å². The molecule has 13 heteroatoms. The average Bonchev–Trinajstić information content (AvgIpc) is 3.38. The Balaban J connectivity index is 1.44. The van der Waals surface area contributed by atoms with Crippen molar-refractivity contribution in [2.75, 3.05) is 5.32 Å². The van der Waals surface area contributed by atoms with Gasteiger partial charge in [0.1, 0.15) is 17.3 Å². The van der Waals surface area contributed by atoms with Crippen molar-refractivity contribution in [3.8, 4) is 0 Å². The van der Waals surface area contributed by atoms with Crippen molar-refractivity contribution in [3.05, 3.63) is 118 Å². The summed E-state index contributed by atoms with van der Waals surface area (Å²) in [5.74, 6) is -2.05. The lowest BCUT2D eigenvalue weighted by Gasteiger charge is -2.21. The highest BCUT2D eigenvalue weighted by Gasteiger charge is 2.26. The van der Waals surface area contributed by atoms with Gasteiger partial charge < -0.3 is 9.73 Å². The number of anilines is 1. The number of carbonyl (C=O) groups excluding carboxylic acids is 2. The van der Waals surface area contributed by atoms with E-state index in [0.717, 1.165) is 18.3 Å². The number of nitrogens with one attached hydrogen (secondary N) is 2. The Labute approximate surface area is 239 Å². The number of carbonyl (C=O) groups is 2. The predicted molar refractivity (Wildman–Crippen MR) is 149 cm³/mol. The zero-order chi connectivity index (χ0) is 28.7. The normalized spacial score (nSPS) is 11.6. The molecule has 0 unspecified atom stereocenters. The number of nitrogens with zero attached hydrogens (tertiary/aromatic N) is 2. The van der Waals surface area contributed by atoms with E-state index in [1.807, 2.05) is 0 Å². The van der Waals surface area contributed by atoms with E-state index in [-0.39, 0.29) is 29.4 Å². The van der Waals surface area contributed by atoms with E-state index >= 15 is 0 Å². The lowest BCUT2D eigenvalue weighted by atomic mass is 10.2. The minimum absolute atomic E-state index is 0.0332. The van der Waals surface area contributed by atoms with Crippen LogP contribution in [0.15, 0.2) is 99.3 Å². The number of hydrogen-bond donors (Lipinski definition) is 2. The van der Waals surface area contributed by atoms with Crippen molar-refractivity contribution < 1.29 is 26.8 Å². The van der Waals surface area contributed by atoms with E-state index in [4.69, 9.17) is 27.6 Å². The first kappa shape index (κ1) is 29.0. The molecule has 0 bridgehead atoms. The molecule has 2 N–H and O–H groups in total. The van der Waals surface area contributed by atoms with Crippen LogP contribution in [-0.4, -0.2) is 30.8 Å². The summed E-state index contributed by atoms with van der Waals surface area (Å²) >= 11 is 11.9. The SMILES string of the molecule is O=C(N/N=C/c1ccc(CN(Cc2ccc(Cl)cc2)S(=O)(=O)c2ccc(Cl)cc2)o1)C(=O)Nc1ccc(F)cc1. The number of halogens is 3. The average molecular weight is 603 g/mol. The van der Waals surface area contributed by atoms with Crippen LogP contribution in [0.3, 0.4) is 0 Å². The van der Waals surface area contributed by atoms with E-state index in [0.29, 0.717) is 21.4 Å². The third-order valence-electron chi connectivity index (χ3n) is 5.40. The molecule has 0 aliphatic rings. The third-order valence-corrected chi connectivity index (χ3v) is 7.71. The summed E-state index contributed by atoms with van der Waals surface area (Å²) in [6.07, 6.45) is 1.16. The number of benzene rings is 3. The van der Waals surface area contributed by atoms with Gasteiger partial charge in [0.2, 0.25) is 10.0 Å². The van der Waals surface area contributed by atoms with E-state index in [9.17, 15) is 22.4 Å². The summed E-state index contributed by atoms with van der Waals surface area (Å²) in [4.78, 5) is 24.0. The van der Waals surface area contributed by atoms with Crippen LogP contribution in [-0.2, 0) is 32.7 Å². The Kier molecular flexibility index (Phi) is 9.33. The van der Waals surface area contributed by atoms with Crippen LogP contribution in [0.25, 0.3) is 0 Å². The Morgan fingerprint density at radius 2 is 1.48 bits per heavy atom. The van der Waals surface area contributed by atoms with Gasteiger partial charge in [-0.3, -0.25) is 9.59 Å². The molecule has 9 nitrogen and oxygen atoms in total. The maximum absolute atomic E-state index is 13.5. The fraction of sp³-hybridized carbons (Fsp3) is 0.0741. The Bertz CT molecular complexity index is 1620. The smallest absolute Gasteiger partial charge is 0.329 e. The molecule has 40 heavy (non-hydrogen) atoms. The summed E-state index contributed by atoms with van der Waals surface area (Å²) in [6, 6.07) is 20.6. The molecular weight excluding hydrogens is 582 g/mol. The van der Waals surface area contributed by atoms with Gasteiger partial charge in [0, 0.05) is 22.3 Å². The summed E-state index contributed by atoms with van der Waals surface area (Å²) in [5, 5.41) is 6.92. The highest BCUT2D eigenvalue weighted by atomic mass is 35.5. The molecule has 0 aliphatic carbocycles. The van der Waals surface area contributed by atoms with Gasteiger partial charge in [-0.05, 0) is 78.4 Å². The molecule has 0 radical (unpaired) electrons. The second kappa shape index (κ2) is 12.9. The first-order valence-electron chi connectivity index (χ1n) is 11.6. The largest absolute Gasteiger partial charge is 0.459 e. The number of amides is 2. The van der Waals surface area contributed by atoms with Crippen LogP contribution >= 0.6 is 23.2 Å². The van der Waals surface area contributed by atoms with E-state index in [1.54, 1.807) is 30.3 Å². The van der Waals surface area contributed by atoms with Crippen molar-refractivity contribution in [3.63, 3.8) is 0 Å². The quantitative estimate of drug-likeness (QED) is 0.155. The molecule has 0 fully saturated rings. The minimum Gasteiger partial charge on any atom is -0.459 e. The maximum Gasteiger partial charge on any atom is 0.329 e. The predicted octanol–water partition coefficient (Wildman–Crippen LogP) is 5.21. The highest BCUT2D eigenvalue weighted by molar-refractivity contribution is 7.89. The van der Waals surface area contributed by atoms with Crippen LogP contribution in [0.4, 0.5) is 10.1 Å². The summed E-state index contributed by atoms with van der Waals surface area (Å²) < 4.78 is 46.8. The van der Waals surface area contributed by atoms with Crippen LogP contribution in [0.5, 0.6) is 0 Å². The molecule has 0 aliphatic heterocycles. The number of hydrazone groups is 1. The van der Waals surface area contributed by atoms with Gasteiger partial charge in [-0.2, -0.15) is 9.41 Å². The second-order valence-corrected chi connectivity index (χ2v) is 11.1. The van der Waals surface area contributed by atoms with E-state index < -0.39 is 27.7 Å². The van der Waals surface area contributed by atoms with Crippen LogP contribution in [0.1, 0.15) is 17.1 Å². The molecular formula is C27H21Cl2FN4O5S. The molecule has 0 spiro atoms. The van der Waals surface area contributed by atoms with Gasteiger partial charge in [-0.15, -0.1) is 0 Å². The summed E-state index contributed by atoms with van der Waals surface area (Å²) in [7, 11) is -3.96. The second-order valence-electron chi connectivity index (χ2n) is 8.32. The van der Waals surface area contributed by atoms with Crippen molar-refractivity contribution in [1.82, 2.24) is 9.73 Å². The fourth-order valence-electron chi connectivity index (χ4n) is 3.42. The first-order chi connectivity index (χ1) is 19.1. The van der Waals surface area contributed by atoms with Crippen molar-refractivity contribution in [2.24, 2.45) is 5.10 Å². The molecule has 4 aromatic rings. The monoisotopic (exact) mass is 602 g/mol. The molecule has 0 atom stereocenters. The minimum atomic E-state index is -3.96. The standard InChI is InChI=1S/C27H21Cl2FN4O5S/c28-19-3-1-18(2-4-19)16-34(40(37,38)25-13-5-20(29)6-14-25)17-24-12-11-23(39-24)15-31-33-27(36)26(35)32-22-9-7-21(30)8-10-22/h1-15H,16-17H2,(H,32,35)(H,33,36)/b31-15+. The topological polar surface area (TPSA) is 121 Å². The lowest BCUT2D eigenvalue weighted by molar-refractivity contribution is -0.136. The molecule has 206 valence electrons. The number of furan rings is 1. The van der Waals surface area contributed by atoms with Gasteiger partial charge in [0.25, 0.3) is 0 Å². The van der Waals surface area contributed by atoms with Gasteiger partial charge >= 0.3 is 11.8 Å². The Hall–Kier alpha value is -4.03. The van der Waals surface area contributed by atoms with Crippen molar-refractivity contribution in [1.29, 1.82) is 0 Å². The zero-order valence-corrected chi connectivity index (χ0v) is 22.9. The van der Waals surface area contributed by atoms with Gasteiger partial charge in [0.05, 0.1) is 17.7 Å². The van der Waals surface area contributed by atoms with Crippen LogP contribution in [0.2, 0.25) is 10.0 Å². The Morgan fingerprint density at radius 3 is 2.12 bits per heavy atom. The molecule has 2 amide bonds. The lowest BCUT2D eigenvalue weighted by Crippen LogP contribution is -2.32. The third kappa shape index (κ3) is 7.76. The summed E-state index contributed by atoms with van der Waals surface area (Å²) in [6.45, 7) is -0.0840. The molecule has 0 saturated heterocycles. The molecule has 1 aromatic heterocycles. The molecule has 3 aromatic carbocycles. The summed E-state index contributed by atoms with van der Waals surface area (Å²) in [5.41, 5.74) is 3.00.